The molecule has 0 spiro atoms. The molecule has 1 rings (SSSR count). The molecule has 0 saturated carbocycles. The largest absolute Gasteiger partial charge is 0.353 e. The molecule has 2 unspecified atom stereocenters. The maximum absolute atomic E-state index is 10.7. The number of nitro groups is 2. The first kappa shape index (κ1) is 12.1. The molecule has 0 aromatic rings. The highest BCUT2D eigenvalue weighted by atomic mass is 16.7. The monoisotopic (exact) mass is 234 g/mol. The van der Waals surface area contributed by atoms with E-state index in [0.29, 0.717) is 10.0 Å². The summed E-state index contributed by atoms with van der Waals surface area (Å²) in [5.41, 5.74) is 0. The van der Waals surface area contributed by atoms with E-state index in [1.807, 2.05) is 0 Å². The van der Waals surface area contributed by atoms with Crippen molar-refractivity contribution in [1.29, 1.82) is 0 Å². The molecular weight excluding hydrogens is 224 g/mol. The molecule has 0 fully saturated rings. The fourth-order valence-electron chi connectivity index (χ4n) is 1.28. The Labute approximate surface area is 89.9 Å². The van der Waals surface area contributed by atoms with Crippen LogP contribution in [0.25, 0.3) is 0 Å². The average Bonchev–Trinajstić information content (AvgIpc) is 2.26. The van der Waals surface area contributed by atoms with Crippen LogP contribution in [0.5, 0.6) is 0 Å². The lowest BCUT2D eigenvalue weighted by Crippen LogP contribution is -2.58. The van der Waals surface area contributed by atoms with Crippen molar-refractivity contribution in [2.75, 3.05) is 14.2 Å². The number of hydrazine groups is 2. The van der Waals surface area contributed by atoms with Gasteiger partial charge < -0.3 is 9.47 Å². The van der Waals surface area contributed by atoms with E-state index in [4.69, 9.17) is 9.47 Å². The second-order valence-electron chi connectivity index (χ2n) is 2.77. The van der Waals surface area contributed by atoms with Crippen molar-refractivity contribution in [2.24, 2.45) is 0 Å². The van der Waals surface area contributed by atoms with Crippen molar-refractivity contribution in [2.45, 2.75) is 12.6 Å². The van der Waals surface area contributed by atoms with Gasteiger partial charge in [-0.2, -0.15) is 0 Å². The van der Waals surface area contributed by atoms with Crippen molar-refractivity contribution in [3.63, 3.8) is 0 Å². The molecule has 0 aromatic heterocycles. The van der Waals surface area contributed by atoms with Gasteiger partial charge in [0, 0.05) is 14.2 Å². The molecule has 1 aliphatic heterocycles. The Morgan fingerprint density at radius 1 is 1.19 bits per heavy atom. The van der Waals surface area contributed by atoms with Crippen LogP contribution < -0.4 is 0 Å². The van der Waals surface area contributed by atoms with Crippen LogP contribution in [-0.4, -0.2) is 46.9 Å². The zero-order chi connectivity index (χ0) is 12.3. The highest BCUT2D eigenvalue weighted by molar-refractivity contribution is 4.91. The van der Waals surface area contributed by atoms with Crippen molar-refractivity contribution in [3.05, 3.63) is 32.5 Å². The Morgan fingerprint density at radius 2 is 1.81 bits per heavy atom. The molecule has 10 nitrogen and oxygen atoms in total. The third-order valence-electron chi connectivity index (χ3n) is 1.95. The highest BCUT2D eigenvalue weighted by Crippen LogP contribution is 2.19. The Bertz CT molecular complexity index is 320. The highest BCUT2D eigenvalue weighted by Gasteiger charge is 2.45. The molecule has 0 amide bonds. The van der Waals surface area contributed by atoms with Gasteiger partial charge in [0.1, 0.15) is 0 Å². The van der Waals surface area contributed by atoms with Crippen LogP contribution in [0.15, 0.2) is 12.3 Å². The lowest BCUT2D eigenvalue weighted by Gasteiger charge is -2.31. The summed E-state index contributed by atoms with van der Waals surface area (Å²) in [5.74, 6) is 0. The van der Waals surface area contributed by atoms with Crippen LogP contribution >= 0.6 is 0 Å². The van der Waals surface area contributed by atoms with Crippen LogP contribution in [0.4, 0.5) is 0 Å². The lowest BCUT2D eigenvalue weighted by molar-refractivity contribution is -0.749. The molecule has 1 heterocycles. The normalized spacial score (nSPS) is 24.6. The molecule has 90 valence electrons. The summed E-state index contributed by atoms with van der Waals surface area (Å²) in [7, 11) is 2.38. The number of nitrogens with zero attached hydrogens (tertiary/aromatic N) is 4. The van der Waals surface area contributed by atoms with E-state index in [1.165, 1.54) is 13.2 Å². The predicted octanol–water partition coefficient (Wildman–Crippen LogP) is -0.596. The third kappa shape index (κ3) is 2.01. The maximum Gasteiger partial charge on any atom is 0.326 e. The first-order chi connectivity index (χ1) is 7.52. The second kappa shape index (κ2) is 4.72. The zero-order valence-electron chi connectivity index (χ0n) is 8.55. The SMILES string of the molecule is COC1C=CN([N+](=O)[O-])C(OC)N1[N+](=O)[O-]. The average molecular weight is 234 g/mol. The van der Waals surface area contributed by atoms with E-state index in [-0.39, 0.29) is 0 Å². The van der Waals surface area contributed by atoms with E-state index >= 15 is 0 Å². The molecule has 16 heavy (non-hydrogen) atoms. The van der Waals surface area contributed by atoms with E-state index in [1.54, 1.807) is 0 Å². The zero-order valence-corrected chi connectivity index (χ0v) is 8.55. The van der Waals surface area contributed by atoms with Gasteiger partial charge >= 0.3 is 6.35 Å². The molecule has 1 aliphatic rings. The molecule has 0 N–H and O–H groups in total. The second-order valence-corrected chi connectivity index (χ2v) is 2.77. The first-order valence-electron chi connectivity index (χ1n) is 4.12. The van der Waals surface area contributed by atoms with Crippen LogP contribution in [0.2, 0.25) is 0 Å². The smallest absolute Gasteiger partial charge is 0.326 e. The molecule has 0 aromatic carbocycles. The number of hydrogen-bond donors (Lipinski definition) is 0. The fraction of sp³-hybridized carbons (Fsp3) is 0.667. The van der Waals surface area contributed by atoms with Gasteiger partial charge in [0.25, 0.3) is 0 Å². The summed E-state index contributed by atoms with van der Waals surface area (Å²) in [6.07, 6.45) is -0.236. The molecule has 10 heteroatoms. The Hall–Kier alpha value is -1.94. The van der Waals surface area contributed by atoms with Gasteiger partial charge in [-0.15, -0.1) is 0 Å². The summed E-state index contributed by atoms with van der Waals surface area (Å²) in [5, 5.41) is 20.7. The van der Waals surface area contributed by atoms with Gasteiger partial charge in [0.2, 0.25) is 6.23 Å². The van der Waals surface area contributed by atoms with Crippen LogP contribution in [-0.2, 0) is 9.47 Å². The van der Waals surface area contributed by atoms with Crippen molar-refractivity contribution in [3.8, 4) is 0 Å². The lowest BCUT2D eigenvalue weighted by atomic mass is 10.4. The molecule has 0 aliphatic carbocycles. The van der Waals surface area contributed by atoms with E-state index in [2.05, 4.69) is 0 Å². The van der Waals surface area contributed by atoms with Gasteiger partial charge in [0.15, 0.2) is 10.1 Å². The minimum absolute atomic E-state index is 0.471. The number of hydrogen-bond acceptors (Lipinski definition) is 6. The molecule has 0 bridgehead atoms. The molecule has 0 radical (unpaired) electrons. The van der Waals surface area contributed by atoms with Crippen LogP contribution in [0.1, 0.15) is 0 Å². The summed E-state index contributed by atoms with van der Waals surface area (Å²) >= 11 is 0. The topological polar surface area (TPSA) is 111 Å². The van der Waals surface area contributed by atoms with E-state index < -0.39 is 22.6 Å². The Kier molecular flexibility index (Phi) is 3.58. The number of methoxy groups -OCH3 is 2. The van der Waals surface area contributed by atoms with Crippen LogP contribution in [0, 0.1) is 20.2 Å². The first-order valence-corrected chi connectivity index (χ1v) is 4.12. The fourth-order valence-corrected chi connectivity index (χ4v) is 1.28. The Balaban J connectivity index is 3.05. The molecule has 2 atom stereocenters. The van der Waals surface area contributed by atoms with Crippen molar-refractivity contribution >= 4 is 0 Å². The van der Waals surface area contributed by atoms with Gasteiger partial charge in [0.05, 0.1) is 6.20 Å². The van der Waals surface area contributed by atoms with E-state index in [9.17, 15) is 20.2 Å². The number of rotatable bonds is 4. The molecular formula is C6H10N4O6. The third-order valence-corrected chi connectivity index (χ3v) is 1.95. The van der Waals surface area contributed by atoms with Gasteiger partial charge in [-0.25, -0.2) is 20.2 Å². The van der Waals surface area contributed by atoms with Crippen molar-refractivity contribution < 1.29 is 19.5 Å². The van der Waals surface area contributed by atoms with Gasteiger partial charge in [-0.1, -0.05) is 0 Å². The van der Waals surface area contributed by atoms with Gasteiger partial charge in [-0.3, -0.25) is 0 Å². The molecule has 0 saturated heterocycles. The standard InChI is InChI=1S/C6H10N4O6/c1-15-5-3-4-7(9(11)12)6(16-2)8(5)10(13)14/h3-6H,1-2H3. The maximum atomic E-state index is 10.7. The summed E-state index contributed by atoms with van der Waals surface area (Å²) < 4.78 is 9.50. The minimum Gasteiger partial charge on any atom is -0.353 e. The summed E-state index contributed by atoms with van der Waals surface area (Å²) in [6, 6.07) is 0. The van der Waals surface area contributed by atoms with Crippen molar-refractivity contribution in [1.82, 2.24) is 10.0 Å². The predicted molar refractivity (Wildman–Crippen MR) is 48.4 cm³/mol. The van der Waals surface area contributed by atoms with E-state index in [0.717, 1.165) is 13.3 Å². The summed E-state index contributed by atoms with van der Waals surface area (Å²) in [6.45, 7) is 0. The summed E-state index contributed by atoms with van der Waals surface area (Å²) in [4.78, 5) is 21.3. The Morgan fingerprint density at radius 3 is 2.19 bits per heavy atom. The van der Waals surface area contributed by atoms with Gasteiger partial charge in [-0.05, 0) is 16.1 Å². The quantitative estimate of drug-likeness (QED) is 0.468. The number of ether oxygens (including phenoxy) is 2. The van der Waals surface area contributed by atoms with Crippen LogP contribution in [0.3, 0.4) is 0 Å². The minimum atomic E-state index is -1.46.